The third-order valence-electron chi connectivity index (χ3n) is 3.55. The predicted octanol–water partition coefficient (Wildman–Crippen LogP) is 2.90. The molecule has 0 bridgehead atoms. The predicted molar refractivity (Wildman–Crippen MR) is 88.5 cm³/mol. The number of carbonyl (C=O) groups is 1. The van der Waals surface area contributed by atoms with Crippen LogP contribution in [0.5, 0.6) is 0 Å². The minimum absolute atomic E-state index is 0.0486. The van der Waals surface area contributed by atoms with Crippen molar-refractivity contribution in [2.45, 2.75) is 31.1 Å². The maximum absolute atomic E-state index is 11.9. The van der Waals surface area contributed by atoms with E-state index >= 15 is 0 Å². The molecule has 1 aliphatic carbocycles. The van der Waals surface area contributed by atoms with Crippen molar-refractivity contribution in [3.8, 4) is 0 Å². The van der Waals surface area contributed by atoms with E-state index in [-0.39, 0.29) is 5.91 Å². The lowest BCUT2D eigenvalue weighted by atomic mass is 10.2. The fourth-order valence-corrected chi connectivity index (χ4v) is 3.01. The van der Waals surface area contributed by atoms with Gasteiger partial charge in [-0.1, -0.05) is 30.3 Å². The summed E-state index contributed by atoms with van der Waals surface area (Å²) in [5.74, 6) is 1.98. The van der Waals surface area contributed by atoms with Crippen LogP contribution in [0.3, 0.4) is 0 Å². The van der Waals surface area contributed by atoms with Crippen LogP contribution in [0, 0.1) is 0 Å². The highest BCUT2D eigenvalue weighted by Crippen LogP contribution is 2.38. The van der Waals surface area contributed by atoms with Gasteiger partial charge in [0, 0.05) is 17.4 Å². The topological polar surface area (TPSA) is 54.9 Å². The molecule has 1 heterocycles. The number of hydrogen-bond acceptors (Lipinski definition) is 4. The van der Waals surface area contributed by atoms with Gasteiger partial charge in [-0.05, 0) is 24.5 Å². The Labute approximate surface area is 134 Å². The van der Waals surface area contributed by atoms with E-state index in [1.807, 2.05) is 24.3 Å². The molecular formula is C17H19N3OS. The molecule has 1 saturated carbocycles. The molecule has 4 nitrogen and oxygen atoms in total. The Morgan fingerprint density at radius 1 is 1.23 bits per heavy atom. The highest BCUT2D eigenvalue weighted by molar-refractivity contribution is 7.99. The standard InChI is InChI=1S/C17H19N3OS/c21-17(11-22-10-13-4-2-1-3-5-13)18-9-15-8-16(14-6-7-14)20-12-19-15/h1-5,8,12,14H,6-7,9-11H2,(H,18,21). The normalized spacial score (nSPS) is 13.8. The van der Waals surface area contributed by atoms with Gasteiger partial charge in [0.25, 0.3) is 0 Å². The lowest BCUT2D eigenvalue weighted by Crippen LogP contribution is -2.25. The number of nitrogens with zero attached hydrogens (tertiary/aromatic N) is 2. The van der Waals surface area contributed by atoms with Gasteiger partial charge in [0.05, 0.1) is 18.0 Å². The fraction of sp³-hybridized carbons (Fsp3) is 0.353. The molecule has 0 saturated heterocycles. The van der Waals surface area contributed by atoms with Crippen LogP contribution in [0.1, 0.15) is 35.7 Å². The summed E-state index contributed by atoms with van der Waals surface area (Å²) in [4.78, 5) is 20.4. The van der Waals surface area contributed by atoms with Gasteiger partial charge in [0.2, 0.25) is 5.91 Å². The first-order valence-corrected chi connectivity index (χ1v) is 8.66. The molecule has 1 N–H and O–H groups in total. The first-order chi connectivity index (χ1) is 10.8. The average Bonchev–Trinajstić information content (AvgIpc) is 3.39. The molecule has 5 heteroatoms. The monoisotopic (exact) mass is 313 g/mol. The van der Waals surface area contributed by atoms with Gasteiger partial charge in [-0.2, -0.15) is 0 Å². The molecule has 0 aliphatic heterocycles. The molecule has 114 valence electrons. The second-order valence-corrected chi connectivity index (χ2v) is 6.45. The molecule has 0 atom stereocenters. The minimum atomic E-state index is 0.0486. The molecule has 0 radical (unpaired) electrons. The zero-order chi connectivity index (χ0) is 15.2. The number of thioether (sulfide) groups is 1. The molecule has 1 aliphatic rings. The van der Waals surface area contributed by atoms with Gasteiger partial charge < -0.3 is 5.32 Å². The van der Waals surface area contributed by atoms with Gasteiger partial charge in [0.15, 0.2) is 0 Å². The maximum atomic E-state index is 11.9. The van der Waals surface area contributed by atoms with Crippen molar-refractivity contribution < 1.29 is 4.79 Å². The number of aromatic nitrogens is 2. The molecule has 0 spiro atoms. The van der Waals surface area contributed by atoms with Crippen LogP contribution in [-0.2, 0) is 17.1 Å². The first kappa shape index (κ1) is 15.0. The van der Waals surface area contributed by atoms with Crippen LogP contribution in [-0.4, -0.2) is 21.6 Å². The average molecular weight is 313 g/mol. The summed E-state index contributed by atoms with van der Waals surface area (Å²) < 4.78 is 0. The SMILES string of the molecule is O=C(CSCc1ccccc1)NCc1cc(C2CC2)ncn1. The second-order valence-electron chi connectivity index (χ2n) is 5.46. The van der Waals surface area contributed by atoms with E-state index in [2.05, 4.69) is 27.4 Å². The molecule has 22 heavy (non-hydrogen) atoms. The summed E-state index contributed by atoms with van der Waals surface area (Å²) >= 11 is 1.62. The van der Waals surface area contributed by atoms with Crippen molar-refractivity contribution in [2.24, 2.45) is 0 Å². The summed E-state index contributed by atoms with van der Waals surface area (Å²) in [7, 11) is 0. The largest absolute Gasteiger partial charge is 0.350 e. The Hall–Kier alpha value is -1.88. The van der Waals surface area contributed by atoms with Crippen molar-refractivity contribution in [3.63, 3.8) is 0 Å². The third-order valence-corrected chi connectivity index (χ3v) is 4.56. The molecule has 1 amide bonds. The Balaban J connectivity index is 1.39. The van der Waals surface area contributed by atoms with E-state index in [4.69, 9.17) is 0 Å². The summed E-state index contributed by atoms with van der Waals surface area (Å²) in [6, 6.07) is 12.2. The third kappa shape index (κ3) is 4.56. The Morgan fingerprint density at radius 2 is 2.05 bits per heavy atom. The number of hydrogen-bond donors (Lipinski definition) is 1. The second kappa shape index (κ2) is 7.40. The van der Waals surface area contributed by atoms with Crippen molar-refractivity contribution >= 4 is 17.7 Å². The highest BCUT2D eigenvalue weighted by atomic mass is 32.2. The number of benzene rings is 1. The number of rotatable bonds is 7. The minimum Gasteiger partial charge on any atom is -0.350 e. The van der Waals surface area contributed by atoms with E-state index < -0.39 is 0 Å². The molecule has 2 aromatic rings. The van der Waals surface area contributed by atoms with Crippen molar-refractivity contribution in [1.29, 1.82) is 0 Å². The van der Waals surface area contributed by atoms with Crippen LogP contribution < -0.4 is 5.32 Å². The van der Waals surface area contributed by atoms with Crippen LogP contribution in [0.2, 0.25) is 0 Å². The maximum Gasteiger partial charge on any atom is 0.230 e. The Kier molecular flexibility index (Phi) is 5.06. The lowest BCUT2D eigenvalue weighted by molar-refractivity contribution is -0.118. The summed E-state index contributed by atoms with van der Waals surface area (Å²) in [6.45, 7) is 0.479. The molecule has 0 unspecified atom stereocenters. The van der Waals surface area contributed by atoms with Crippen molar-refractivity contribution in [2.75, 3.05) is 5.75 Å². The van der Waals surface area contributed by atoms with Crippen LogP contribution in [0.15, 0.2) is 42.7 Å². The summed E-state index contributed by atoms with van der Waals surface area (Å²) in [5.41, 5.74) is 3.24. The zero-order valence-electron chi connectivity index (χ0n) is 12.4. The van der Waals surface area contributed by atoms with Crippen molar-refractivity contribution in [1.82, 2.24) is 15.3 Å². The Morgan fingerprint density at radius 3 is 2.82 bits per heavy atom. The number of carbonyl (C=O) groups excluding carboxylic acids is 1. The van der Waals surface area contributed by atoms with Crippen LogP contribution in [0.4, 0.5) is 0 Å². The lowest BCUT2D eigenvalue weighted by Gasteiger charge is -2.06. The van der Waals surface area contributed by atoms with Crippen molar-refractivity contribution in [3.05, 3.63) is 59.7 Å². The number of nitrogens with one attached hydrogen (secondary N) is 1. The van der Waals surface area contributed by atoms with E-state index in [0.717, 1.165) is 17.1 Å². The molecule has 1 aromatic carbocycles. The van der Waals surface area contributed by atoms with Gasteiger partial charge in [-0.15, -0.1) is 11.8 Å². The van der Waals surface area contributed by atoms with E-state index in [1.54, 1.807) is 18.1 Å². The summed E-state index contributed by atoms with van der Waals surface area (Å²) in [6.07, 6.45) is 4.04. The molecular weight excluding hydrogens is 294 g/mol. The van der Waals surface area contributed by atoms with Crippen LogP contribution >= 0.6 is 11.8 Å². The quantitative estimate of drug-likeness (QED) is 0.854. The molecule has 1 aromatic heterocycles. The van der Waals surface area contributed by atoms with Gasteiger partial charge >= 0.3 is 0 Å². The van der Waals surface area contributed by atoms with E-state index in [9.17, 15) is 4.79 Å². The highest BCUT2D eigenvalue weighted by Gasteiger charge is 2.25. The van der Waals surface area contributed by atoms with Gasteiger partial charge in [-0.25, -0.2) is 9.97 Å². The van der Waals surface area contributed by atoms with E-state index in [1.165, 1.54) is 18.4 Å². The van der Waals surface area contributed by atoms with Gasteiger partial charge in [0.1, 0.15) is 6.33 Å². The summed E-state index contributed by atoms with van der Waals surface area (Å²) in [5, 5.41) is 2.92. The molecule has 3 rings (SSSR count). The molecule has 1 fully saturated rings. The Bertz CT molecular complexity index is 629. The van der Waals surface area contributed by atoms with Crippen LogP contribution in [0.25, 0.3) is 0 Å². The fourth-order valence-electron chi connectivity index (χ4n) is 2.19. The number of amides is 1. The smallest absolute Gasteiger partial charge is 0.230 e. The zero-order valence-corrected chi connectivity index (χ0v) is 13.2. The van der Waals surface area contributed by atoms with E-state index in [0.29, 0.717) is 18.2 Å². The van der Waals surface area contributed by atoms with Gasteiger partial charge in [-0.3, -0.25) is 4.79 Å². The first-order valence-electron chi connectivity index (χ1n) is 7.50.